The van der Waals surface area contributed by atoms with Crippen molar-refractivity contribution < 1.29 is 9.13 Å². The van der Waals surface area contributed by atoms with E-state index in [-0.39, 0.29) is 12.4 Å². The molecule has 110 valence electrons. The number of halogens is 1. The van der Waals surface area contributed by atoms with E-state index in [1.54, 1.807) is 12.1 Å². The van der Waals surface area contributed by atoms with Gasteiger partial charge in [0.2, 0.25) is 0 Å². The van der Waals surface area contributed by atoms with E-state index in [2.05, 4.69) is 10.3 Å². The van der Waals surface area contributed by atoms with Gasteiger partial charge in [0.15, 0.2) is 0 Å². The minimum Gasteiger partial charge on any atom is -0.488 e. The molecule has 2 aromatic rings. The van der Waals surface area contributed by atoms with Crippen LogP contribution in [0.1, 0.15) is 29.7 Å². The molecule has 0 saturated heterocycles. The van der Waals surface area contributed by atoms with Crippen LogP contribution in [-0.4, -0.2) is 11.0 Å². The van der Waals surface area contributed by atoms with Gasteiger partial charge in [-0.05, 0) is 25.8 Å². The Morgan fingerprint density at radius 2 is 2.10 bits per heavy atom. The smallest absolute Gasteiger partial charge is 0.129 e. The van der Waals surface area contributed by atoms with Crippen molar-refractivity contribution in [1.82, 2.24) is 10.3 Å². The molecule has 1 aliphatic rings. The number of pyridine rings is 1. The lowest BCUT2D eigenvalue weighted by molar-refractivity contribution is 0.295. The lowest BCUT2D eigenvalue weighted by Gasteiger charge is -2.13. The van der Waals surface area contributed by atoms with Gasteiger partial charge in [-0.3, -0.25) is 4.98 Å². The van der Waals surface area contributed by atoms with Crippen molar-refractivity contribution in [2.75, 3.05) is 0 Å². The number of rotatable bonds is 6. The first-order chi connectivity index (χ1) is 10.2. The molecule has 1 aliphatic carbocycles. The van der Waals surface area contributed by atoms with Gasteiger partial charge in [-0.1, -0.05) is 18.2 Å². The van der Waals surface area contributed by atoms with Gasteiger partial charge in [-0.2, -0.15) is 0 Å². The van der Waals surface area contributed by atoms with Crippen molar-refractivity contribution in [3.05, 3.63) is 59.2 Å². The second-order valence-corrected chi connectivity index (χ2v) is 5.47. The highest BCUT2D eigenvalue weighted by atomic mass is 19.1. The van der Waals surface area contributed by atoms with Crippen LogP contribution < -0.4 is 10.1 Å². The summed E-state index contributed by atoms with van der Waals surface area (Å²) in [6.45, 7) is 2.89. The average Bonchev–Trinajstić information content (AvgIpc) is 3.30. The molecule has 1 saturated carbocycles. The molecular weight excluding hydrogens is 267 g/mol. The number of ether oxygens (including phenoxy) is 1. The van der Waals surface area contributed by atoms with Crippen LogP contribution in [0.2, 0.25) is 0 Å². The molecule has 0 radical (unpaired) electrons. The summed E-state index contributed by atoms with van der Waals surface area (Å²) in [5.74, 6) is 0.542. The van der Waals surface area contributed by atoms with Crippen LogP contribution in [0.4, 0.5) is 4.39 Å². The molecule has 0 bridgehead atoms. The molecule has 0 aliphatic heterocycles. The Balaban J connectivity index is 1.70. The molecule has 21 heavy (non-hydrogen) atoms. The lowest BCUT2D eigenvalue weighted by atomic mass is 10.2. The van der Waals surface area contributed by atoms with Gasteiger partial charge >= 0.3 is 0 Å². The molecule has 3 nitrogen and oxygen atoms in total. The van der Waals surface area contributed by atoms with Crippen molar-refractivity contribution in [2.24, 2.45) is 0 Å². The first-order valence-electron chi connectivity index (χ1n) is 7.27. The van der Waals surface area contributed by atoms with Gasteiger partial charge < -0.3 is 10.1 Å². The number of benzene rings is 1. The van der Waals surface area contributed by atoms with E-state index >= 15 is 0 Å². The predicted molar refractivity (Wildman–Crippen MR) is 79.6 cm³/mol. The predicted octanol–water partition coefficient (Wildman–Crippen LogP) is 3.36. The number of aromatic nitrogens is 1. The van der Waals surface area contributed by atoms with E-state index in [4.69, 9.17) is 4.74 Å². The molecule has 1 N–H and O–H groups in total. The van der Waals surface area contributed by atoms with Crippen molar-refractivity contribution in [1.29, 1.82) is 0 Å². The Labute approximate surface area is 124 Å². The SMILES string of the molecule is Cc1cc(OCc2ccccc2F)c(CNC2CC2)cn1. The van der Waals surface area contributed by atoms with Crippen LogP contribution in [0.25, 0.3) is 0 Å². The molecule has 0 spiro atoms. The van der Waals surface area contributed by atoms with E-state index in [1.807, 2.05) is 25.3 Å². The summed E-state index contributed by atoms with van der Waals surface area (Å²) in [5, 5.41) is 3.45. The summed E-state index contributed by atoms with van der Waals surface area (Å²) in [5.41, 5.74) is 2.48. The second-order valence-electron chi connectivity index (χ2n) is 5.47. The van der Waals surface area contributed by atoms with Crippen LogP contribution >= 0.6 is 0 Å². The number of hydrogen-bond donors (Lipinski definition) is 1. The molecule has 3 rings (SSSR count). The summed E-state index contributed by atoms with van der Waals surface area (Å²) in [6.07, 6.45) is 4.32. The van der Waals surface area contributed by atoms with Crippen LogP contribution in [0.15, 0.2) is 36.5 Å². The molecule has 0 amide bonds. The third kappa shape index (κ3) is 3.79. The Hall–Kier alpha value is -1.94. The van der Waals surface area contributed by atoms with Crippen molar-refractivity contribution >= 4 is 0 Å². The Morgan fingerprint density at radius 1 is 1.29 bits per heavy atom. The maximum absolute atomic E-state index is 13.6. The fraction of sp³-hybridized carbons (Fsp3) is 0.353. The third-order valence-corrected chi connectivity index (χ3v) is 3.58. The Bertz CT molecular complexity index is 626. The van der Waals surface area contributed by atoms with E-state index in [9.17, 15) is 4.39 Å². The third-order valence-electron chi connectivity index (χ3n) is 3.58. The number of hydrogen-bond acceptors (Lipinski definition) is 3. The van der Waals surface area contributed by atoms with E-state index in [1.165, 1.54) is 18.9 Å². The zero-order valence-electron chi connectivity index (χ0n) is 12.1. The van der Waals surface area contributed by atoms with Crippen LogP contribution in [0, 0.1) is 12.7 Å². The molecule has 4 heteroatoms. The van der Waals surface area contributed by atoms with E-state index in [0.717, 1.165) is 23.6 Å². The van der Waals surface area contributed by atoms with Gasteiger partial charge in [0, 0.05) is 41.7 Å². The molecule has 0 atom stereocenters. The highest BCUT2D eigenvalue weighted by molar-refractivity contribution is 5.33. The van der Waals surface area contributed by atoms with E-state index in [0.29, 0.717) is 11.6 Å². The standard InChI is InChI=1S/C17H19FN2O/c1-12-8-17(14(9-19-12)10-20-15-6-7-15)21-11-13-4-2-3-5-16(13)18/h2-5,8-9,15,20H,6-7,10-11H2,1H3. The minimum atomic E-state index is -0.235. The van der Waals surface area contributed by atoms with E-state index < -0.39 is 0 Å². The maximum Gasteiger partial charge on any atom is 0.129 e. The van der Waals surface area contributed by atoms with Crippen molar-refractivity contribution in [3.63, 3.8) is 0 Å². The van der Waals surface area contributed by atoms with Crippen molar-refractivity contribution in [3.8, 4) is 5.75 Å². The largest absolute Gasteiger partial charge is 0.488 e. The van der Waals surface area contributed by atoms with Crippen LogP contribution in [0.5, 0.6) is 5.75 Å². The van der Waals surface area contributed by atoms with Crippen LogP contribution in [0.3, 0.4) is 0 Å². The van der Waals surface area contributed by atoms with Gasteiger partial charge in [-0.25, -0.2) is 4.39 Å². The monoisotopic (exact) mass is 286 g/mol. The topological polar surface area (TPSA) is 34.1 Å². The maximum atomic E-state index is 13.6. The molecule has 1 fully saturated rings. The van der Waals surface area contributed by atoms with Gasteiger partial charge in [0.1, 0.15) is 18.2 Å². The molecule has 1 aromatic heterocycles. The second kappa shape index (κ2) is 6.22. The summed E-state index contributed by atoms with van der Waals surface area (Å²) in [4.78, 5) is 4.32. The first kappa shape index (κ1) is 14.0. The Morgan fingerprint density at radius 3 is 2.86 bits per heavy atom. The quantitative estimate of drug-likeness (QED) is 0.884. The average molecular weight is 286 g/mol. The number of nitrogens with zero attached hydrogens (tertiary/aromatic N) is 1. The minimum absolute atomic E-state index is 0.229. The highest BCUT2D eigenvalue weighted by Crippen LogP contribution is 2.23. The molecule has 1 heterocycles. The molecular formula is C17H19FN2O. The first-order valence-corrected chi connectivity index (χ1v) is 7.27. The Kier molecular flexibility index (Phi) is 4.15. The van der Waals surface area contributed by atoms with Crippen LogP contribution in [-0.2, 0) is 13.2 Å². The normalized spacial score (nSPS) is 14.2. The number of nitrogens with one attached hydrogen (secondary N) is 1. The summed E-state index contributed by atoms with van der Waals surface area (Å²) in [7, 11) is 0. The fourth-order valence-corrected chi connectivity index (χ4v) is 2.14. The van der Waals surface area contributed by atoms with Gasteiger partial charge in [0.25, 0.3) is 0 Å². The zero-order chi connectivity index (χ0) is 14.7. The van der Waals surface area contributed by atoms with Gasteiger partial charge in [0.05, 0.1) is 0 Å². The fourth-order valence-electron chi connectivity index (χ4n) is 2.14. The summed E-state index contributed by atoms with van der Waals surface area (Å²) in [6, 6.07) is 9.23. The molecule has 0 unspecified atom stereocenters. The van der Waals surface area contributed by atoms with Crippen molar-refractivity contribution in [2.45, 2.75) is 39.0 Å². The summed E-state index contributed by atoms with van der Waals surface area (Å²) >= 11 is 0. The molecule has 1 aromatic carbocycles. The number of aryl methyl sites for hydroxylation is 1. The zero-order valence-corrected chi connectivity index (χ0v) is 12.1. The summed E-state index contributed by atoms with van der Waals surface area (Å²) < 4.78 is 19.4. The lowest BCUT2D eigenvalue weighted by Crippen LogP contribution is -2.16. The van der Waals surface area contributed by atoms with Gasteiger partial charge in [-0.15, -0.1) is 0 Å². The highest BCUT2D eigenvalue weighted by Gasteiger charge is 2.20.